The summed E-state index contributed by atoms with van der Waals surface area (Å²) >= 11 is 0. The van der Waals surface area contributed by atoms with Gasteiger partial charge in [-0.1, -0.05) is 12.1 Å². The third-order valence-corrected chi connectivity index (χ3v) is 5.36. The third-order valence-electron chi connectivity index (χ3n) is 5.36. The number of aromatic nitrogens is 4. The van der Waals surface area contributed by atoms with Gasteiger partial charge in [0.15, 0.2) is 5.69 Å². The van der Waals surface area contributed by atoms with Crippen molar-refractivity contribution in [3.8, 4) is 11.4 Å². The fourth-order valence-electron chi connectivity index (χ4n) is 3.93. The molecule has 0 unspecified atom stereocenters. The first-order valence-corrected chi connectivity index (χ1v) is 9.49. The largest absolute Gasteiger partial charge is 0.435 e. The molecule has 170 valence electrons. The Bertz CT molecular complexity index is 1190. The topological polar surface area (TPSA) is 56.0 Å². The lowest BCUT2D eigenvalue weighted by molar-refractivity contribution is -0.141. The zero-order valence-corrected chi connectivity index (χ0v) is 16.9. The molecule has 1 aliphatic rings. The van der Waals surface area contributed by atoms with E-state index in [0.29, 0.717) is 17.0 Å². The van der Waals surface area contributed by atoms with Gasteiger partial charge in [-0.2, -0.15) is 36.5 Å². The maximum atomic E-state index is 13.3. The predicted octanol–water partition coefficient (Wildman–Crippen LogP) is 4.06. The van der Waals surface area contributed by atoms with Crippen molar-refractivity contribution in [3.63, 3.8) is 0 Å². The zero-order chi connectivity index (χ0) is 23.4. The fraction of sp³-hybridized carbons (Fsp3) is 0.350. The number of rotatable bonds is 2. The minimum absolute atomic E-state index is 0.0574. The Hall–Kier alpha value is -3.31. The molecule has 0 atom stereocenters. The van der Waals surface area contributed by atoms with Gasteiger partial charge in [0.25, 0.3) is 5.91 Å². The van der Waals surface area contributed by atoms with E-state index < -0.39 is 35.1 Å². The van der Waals surface area contributed by atoms with Gasteiger partial charge in [0.1, 0.15) is 0 Å². The van der Waals surface area contributed by atoms with E-state index in [2.05, 4.69) is 10.2 Å². The van der Waals surface area contributed by atoms with E-state index in [4.69, 9.17) is 0 Å². The number of hydrogen-bond donors (Lipinski definition) is 0. The van der Waals surface area contributed by atoms with E-state index in [0.717, 1.165) is 22.9 Å². The normalized spacial score (nSPS) is 14.6. The Morgan fingerprint density at radius 2 is 1.66 bits per heavy atom. The van der Waals surface area contributed by atoms with Crippen LogP contribution in [0.4, 0.5) is 26.3 Å². The van der Waals surface area contributed by atoms with Crippen LogP contribution in [0.1, 0.15) is 32.9 Å². The molecule has 6 nitrogen and oxygen atoms in total. The lowest BCUT2D eigenvalue weighted by Gasteiger charge is -2.27. The summed E-state index contributed by atoms with van der Waals surface area (Å²) in [5.74, 6) is -0.782. The van der Waals surface area contributed by atoms with Gasteiger partial charge in [0.2, 0.25) is 0 Å². The molecule has 4 rings (SSSR count). The van der Waals surface area contributed by atoms with Gasteiger partial charge in [-0.25, -0.2) is 0 Å². The second-order valence-corrected chi connectivity index (χ2v) is 7.45. The van der Waals surface area contributed by atoms with Crippen molar-refractivity contribution < 1.29 is 31.1 Å². The summed E-state index contributed by atoms with van der Waals surface area (Å²) < 4.78 is 81.6. The summed E-state index contributed by atoms with van der Waals surface area (Å²) in [5.41, 5.74) is -0.836. The molecule has 3 heterocycles. The van der Waals surface area contributed by atoms with E-state index >= 15 is 0 Å². The number of carbonyl (C=O) groups is 1. The molecule has 0 spiro atoms. The first-order valence-electron chi connectivity index (χ1n) is 9.49. The van der Waals surface area contributed by atoms with Gasteiger partial charge in [-0.15, -0.1) is 0 Å². The zero-order valence-electron chi connectivity index (χ0n) is 16.9. The van der Waals surface area contributed by atoms with E-state index in [9.17, 15) is 31.1 Å². The smallest absolute Gasteiger partial charge is 0.332 e. The van der Waals surface area contributed by atoms with Crippen molar-refractivity contribution in [2.24, 2.45) is 14.1 Å². The highest BCUT2D eigenvalue weighted by Crippen LogP contribution is 2.36. The molecule has 0 radical (unpaired) electrons. The number of halogens is 6. The molecule has 32 heavy (non-hydrogen) atoms. The Morgan fingerprint density at radius 1 is 0.969 bits per heavy atom. The summed E-state index contributed by atoms with van der Waals surface area (Å²) in [4.78, 5) is 14.1. The number of hydrogen-bond acceptors (Lipinski definition) is 3. The van der Waals surface area contributed by atoms with Crippen LogP contribution in [0.2, 0.25) is 0 Å². The van der Waals surface area contributed by atoms with Crippen LogP contribution in [0, 0.1) is 0 Å². The standard InChI is InChI=1S/C20H17F6N5O/c1-29-15(9-16(28-29)20(24,25)26)17-12-7-8-31(10-14(12)27-30(17)2)18(32)11-5-3-4-6-13(11)19(21,22)23/h3-6,9H,7-8,10H2,1-2H3. The monoisotopic (exact) mass is 457 g/mol. The van der Waals surface area contributed by atoms with Crippen LogP contribution in [0.5, 0.6) is 0 Å². The molecule has 1 amide bonds. The van der Waals surface area contributed by atoms with Gasteiger partial charge in [-0.05, 0) is 24.6 Å². The van der Waals surface area contributed by atoms with Gasteiger partial charge >= 0.3 is 12.4 Å². The number of fused-ring (bicyclic) bond motifs is 1. The molecular formula is C20H17F6N5O. The van der Waals surface area contributed by atoms with Crippen molar-refractivity contribution in [2.45, 2.75) is 25.3 Å². The van der Waals surface area contributed by atoms with Gasteiger partial charge in [0, 0.05) is 26.2 Å². The number of carbonyl (C=O) groups excluding carboxylic acids is 1. The summed E-state index contributed by atoms with van der Waals surface area (Å²) in [5, 5.41) is 7.84. The molecule has 0 saturated carbocycles. The minimum Gasteiger partial charge on any atom is -0.332 e. The van der Waals surface area contributed by atoms with Crippen molar-refractivity contribution in [1.29, 1.82) is 0 Å². The van der Waals surface area contributed by atoms with Crippen molar-refractivity contribution >= 4 is 5.91 Å². The Labute approximate surface area is 178 Å². The first kappa shape index (κ1) is 21.9. The predicted molar refractivity (Wildman–Crippen MR) is 100 cm³/mol. The van der Waals surface area contributed by atoms with Gasteiger partial charge < -0.3 is 4.90 Å². The molecule has 0 fully saturated rings. The first-order chi connectivity index (χ1) is 14.9. The Morgan fingerprint density at radius 3 is 2.28 bits per heavy atom. The molecular weight excluding hydrogens is 440 g/mol. The summed E-state index contributed by atoms with van der Waals surface area (Å²) in [7, 11) is 2.94. The van der Waals surface area contributed by atoms with Gasteiger partial charge in [0.05, 0.1) is 34.8 Å². The molecule has 12 heteroatoms. The summed E-state index contributed by atoms with van der Waals surface area (Å²) in [6.45, 7) is 0.0406. The van der Waals surface area contributed by atoms with E-state index in [1.807, 2.05) is 0 Å². The molecule has 0 aliphatic carbocycles. The summed E-state index contributed by atoms with van der Waals surface area (Å²) in [6, 6.07) is 5.47. The third kappa shape index (κ3) is 3.73. The molecule has 1 aromatic carbocycles. The quantitative estimate of drug-likeness (QED) is 0.546. The Kier molecular flexibility index (Phi) is 5.05. The SMILES string of the molecule is Cn1nc(C(F)(F)F)cc1-c1c2c(nn1C)CN(C(=O)c1ccccc1C(F)(F)F)CC2. The van der Waals surface area contributed by atoms with E-state index in [1.54, 1.807) is 7.05 Å². The maximum absolute atomic E-state index is 13.3. The Balaban J connectivity index is 1.67. The van der Waals surface area contributed by atoms with Crippen LogP contribution in [0.15, 0.2) is 30.3 Å². The van der Waals surface area contributed by atoms with Crippen molar-refractivity contribution in [1.82, 2.24) is 24.5 Å². The van der Waals surface area contributed by atoms with Crippen LogP contribution in [-0.2, 0) is 39.4 Å². The second kappa shape index (κ2) is 7.38. The molecule has 0 N–H and O–H groups in total. The molecule has 1 aliphatic heterocycles. The average molecular weight is 457 g/mol. The second-order valence-electron chi connectivity index (χ2n) is 7.45. The average Bonchev–Trinajstić information content (AvgIpc) is 3.24. The highest BCUT2D eigenvalue weighted by Gasteiger charge is 2.38. The number of aryl methyl sites for hydroxylation is 2. The van der Waals surface area contributed by atoms with Crippen LogP contribution in [-0.4, -0.2) is 36.9 Å². The van der Waals surface area contributed by atoms with Crippen LogP contribution >= 0.6 is 0 Å². The van der Waals surface area contributed by atoms with Crippen LogP contribution < -0.4 is 0 Å². The van der Waals surface area contributed by atoms with E-state index in [1.165, 1.54) is 28.8 Å². The van der Waals surface area contributed by atoms with Crippen molar-refractivity contribution in [3.05, 3.63) is 58.4 Å². The van der Waals surface area contributed by atoms with Crippen molar-refractivity contribution in [2.75, 3.05) is 6.54 Å². The van der Waals surface area contributed by atoms with Gasteiger partial charge in [-0.3, -0.25) is 14.2 Å². The number of nitrogens with zero attached hydrogens (tertiary/aromatic N) is 5. The summed E-state index contributed by atoms with van der Waals surface area (Å²) in [6.07, 6.45) is -9.06. The fourth-order valence-corrected chi connectivity index (χ4v) is 3.93. The number of benzene rings is 1. The molecule has 3 aromatic rings. The van der Waals surface area contributed by atoms with E-state index in [-0.39, 0.29) is 25.2 Å². The number of alkyl halides is 6. The minimum atomic E-state index is -4.68. The highest BCUT2D eigenvalue weighted by molar-refractivity contribution is 5.96. The van der Waals surface area contributed by atoms with Crippen LogP contribution in [0.25, 0.3) is 11.4 Å². The lowest BCUT2D eigenvalue weighted by Crippen LogP contribution is -2.37. The molecule has 0 saturated heterocycles. The molecule has 0 bridgehead atoms. The maximum Gasteiger partial charge on any atom is 0.435 e. The number of amides is 1. The molecule has 2 aromatic heterocycles. The van der Waals surface area contributed by atoms with Crippen LogP contribution in [0.3, 0.4) is 0 Å². The lowest BCUT2D eigenvalue weighted by atomic mass is 10.00. The highest BCUT2D eigenvalue weighted by atomic mass is 19.4.